The summed E-state index contributed by atoms with van der Waals surface area (Å²) in [7, 11) is 3.20. The maximum atomic E-state index is 12.1. The average Bonchev–Trinajstić information content (AvgIpc) is 3.25. The van der Waals surface area contributed by atoms with E-state index in [2.05, 4.69) is 15.6 Å². The fraction of sp³-hybridized carbons (Fsp3) is 0.333. The summed E-state index contributed by atoms with van der Waals surface area (Å²) in [5, 5.41) is 8.51. The number of aromatic nitrogens is 1. The van der Waals surface area contributed by atoms with Gasteiger partial charge in [-0.3, -0.25) is 10.1 Å². The Morgan fingerprint density at radius 2 is 2.12 bits per heavy atom. The lowest BCUT2D eigenvalue weighted by molar-refractivity contribution is -0.117. The molecule has 24 heavy (non-hydrogen) atoms. The monoisotopic (exact) mass is 387 g/mol. The fourth-order valence-electron chi connectivity index (χ4n) is 2.22. The van der Waals surface area contributed by atoms with Gasteiger partial charge >= 0.3 is 0 Å². The van der Waals surface area contributed by atoms with Crippen molar-refractivity contribution in [2.75, 3.05) is 31.2 Å². The number of halogens is 1. The van der Waals surface area contributed by atoms with Gasteiger partial charge in [0.1, 0.15) is 0 Å². The number of rotatable bonds is 5. The van der Waals surface area contributed by atoms with Crippen molar-refractivity contribution in [2.24, 2.45) is 0 Å². The van der Waals surface area contributed by atoms with Gasteiger partial charge in [0.25, 0.3) is 0 Å². The van der Waals surface area contributed by atoms with Gasteiger partial charge in [0.05, 0.1) is 26.0 Å². The van der Waals surface area contributed by atoms with E-state index in [1.54, 1.807) is 26.0 Å². The van der Waals surface area contributed by atoms with Crippen LogP contribution in [0.4, 0.5) is 5.13 Å². The Morgan fingerprint density at radius 3 is 2.79 bits per heavy atom. The highest BCUT2D eigenvalue weighted by Gasteiger charge is 2.23. The molecule has 1 aromatic heterocycles. The quantitative estimate of drug-likeness (QED) is 0.821. The van der Waals surface area contributed by atoms with Crippen LogP contribution in [0.3, 0.4) is 0 Å². The van der Waals surface area contributed by atoms with Crippen molar-refractivity contribution >= 4 is 46.5 Å². The van der Waals surface area contributed by atoms with E-state index in [0.29, 0.717) is 16.6 Å². The van der Waals surface area contributed by atoms with Crippen LogP contribution < -0.4 is 20.1 Å². The summed E-state index contributed by atoms with van der Waals surface area (Å²) < 4.78 is 10.5. The van der Waals surface area contributed by atoms with Crippen molar-refractivity contribution in [3.05, 3.63) is 23.6 Å². The molecule has 0 saturated carbocycles. The number of thioether (sulfide) groups is 1. The van der Waals surface area contributed by atoms with Gasteiger partial charge in [-0.2, -0.15) is 0 Å². The number of hydrogen-bond acceptors (Lipinski definition) is 7. The highest BCUT2D eigenvalue weighted by Crippen LogP contribution is 2.33. The number of anilines is 1. The molecule has 2 heterocycles. The molecule has 1 aliphatic rings. The number of carbonyl (C=O) groups is 1. The molecule has 130 valence electrons. The molecule has 0 radical (unpaired) electrons. The van der Waals surface area contributed by atoms with Crippen molar-refractivity contribution in [1.82, 2.24) is 10.3 Å². The Balaban J connectivity index is 0.00000208. The fourth-order valence-corrected chi connectivity index (χ4v) is 3.88. The summed E-state index contributed by atoms with van der Waals surface area (Å²) >= 11 is 3.12. The zero-order chi connectivity index (χ0) is 16.2. The number of methoxy groups -OCH3 is 2. The van der Waals surface area contributed by atoms with Crippen LogP contribution in [0.2, 0.25) is 0 Å². The second-order valence-corrected chi connectivity index (χ2v) is 6.76. The smallest absolute Gasteiger partial charge is 0.244 e. The molecular weight excluding hydrogens is 370 g/mol. The first-order valence-corrected chi connectivity index (χ1v) is 9.04. The molecule has 1 aliphatic heterocycles. The van der Waals surface area contributed by atoms with E-state index in [-0.39, 0.29) is 24.4 Å². The van der Waals surface area contributed by atoms with Crippen molar-refractivity contribution in [3.8, 4) is 22.8 Å². The van der Waals surface area contributed by atoms with Crippen LogP contribution in [0.15, 0.2) is 23.6 Å². The van der Waals surface area contributed by atoms with E-state index in [9.17, 15) is 4.79 Å². The molecule has 0 bridgehead atoms. The van der Waals surface area contributed by atoms with E-state index in [1.807, 2.05) is 23.6 Å². The summed E-state index contributed by atoms with van der Waals surface area (Å²) in [6, 6.07) is 5.48. The van der Waals surface area contributed by atoms with Gasteiger partial charge in [-0.15, -0.1) is 35.5 Å². The Morgan fingerprint density at radius 1 is 1.33 bits per heavy atom. The van der Waals surface area contributed by atoms with Crippen molar-refractivity contribution < 1.29 is 14.3 Å². The third-order valence-electron chi connectivity index (χ3n) is 3.45. The topological polar surface area (TPSA) is 72.5 Å². The largest absolute Gasteiger partial charge is 0.493 e. The molecule has 0 spiro atoms. The molecule has 1 fully saturated rings. The van der Waals surface area contributed by atoms with Gasteiger partial charge in [-0.05, 0) is 18.2 Å². The van der Waals surface area contributed by atoms with Crippen LogP contribution in [0.25, 0.3) is 11.3 Å². The Bertz CT molecular complexity index is 705. The Kier molecular flexibility index (Phi) is 6.73. The molecule has 0 aliphatic carbocycles. The first-order valence-electron chi connectivity index (χ1n) is 7.01. The molecule has 2 aromatic rings. The molecule has 3 rings (SSSR count). The molecule has 9 heteroatoms. The zero-order valence-corrected chi connectivity index (χ0v) is 15.6. The van der Waals surface area contributed by atoms with Gasteiger partial charge in [-0.25, -0.2) is 4.98 Å². The molecule has 1 amide bonds. The molecular formula is C15H18ClN3O3S2. The minimum absolute atomic E-state index is 0. The minimum atomic E-state index is -0.145. The third-order valence-corrected chi connectivity index (χ3v) is 5.14. The number of nitrogens with one attached hydrogen (secondary N) is 2. The Hall–Kier alpha value is -1.48. The molecule has 1 saturated heterocycles. The number of ether oxygens (including phenoxy) is 2. The lowest BCUT2D eigenvalue weighted by Gasteiger charge is -2.08. The lowest BCUT2D eigenvalue weighted by atomic mass is 10.1. The molecule has 1 atom stereocenters. The summed E-state index contributed by atoms with van der Waals surface area (Å²) in [5.41, 5.74) is 1.70. The van der Waals surface area contributed by atoms with Crippen molar-refractivity contribution in [2.45, 2.75) is 6.04 Å². The maximum absolute atomic E-state index is 12.1. The highest BCUT2D eigenvalue weighted by atomic mass is 35.5. The van der Waals surface area contributed by atoms with Gasteiger partial charge in [-0.1, -0.05) is 0 Å². The normalized spacial score (nSPS) is 16.3. The third kappa shape index (κ3) is 4.13. The minimum Gasteiger partial charge on any atom is -0.493 e. The summed E-state index contributed by atoms with van der Waals surface area (Å²) in [5.74, 6) is 2.89. The SMILES string of the molecule is COc1ccc(-c2csc(NC(=O)C3CSCN3)n2)cc1OC.Cl. The van der Waals surface area contributed by atoms with E-state index in [4.69, 9.17) is 9.47 Å². The van der Waals surface area contributed by atoms with Gasteiger partial charge in [0.15, 0.2) is 16.6 Å². The van der Waals surface area contributed by atoms with Crippen LogP contribution in [0.5, 0.6) is 11.5 Å². The first-order chi connectivity index (χ1) is 11.2. The zero-order valence-electron chi connectivity index (χ0n) is 13.2. The summed E-state index contributed by atoms with van der Waals surface area (Å²) in [6.07, 6.45) is 0. The van der Waals surface area contributed by atoms with Crippen LogP contribution in [-0.2, 0) is 4.79 Å². The molecule has 1 aromatic carbocycles. The average molecular weight is 388 g/mol. The second kappa shape index (κ2) is 8.57. The standard InChI is InChI=1S/C15H17N3O3S2.ClH/c1-20-12-4-3-9(5-13(12)21-2)10-7-23-15(17-10)18-14(19)11-6-22-8-16-11;/h3-5,7,11,16H,6,8H2,1-2H3,(H,17,18,19);1H. The van der Waals surface area contributed by atoms with Crippen molar-refractivity contribution in [1.29, 1.82) is 0 Å². The van der Waals surface area contributed by atoms with Crippen molar-refractivity contribution in [3.63, 3.8) is 0 Å². The predicted octanol–water partition coefficient (Wildman–Crippen LogP) is 2.85. The second-order valence-electron chi connectivity index (χ2n) is 4.87. The highest BCUT2D eigenvalue weighted by molar-refractivity contribution is 7.99. The number of nitrogens with zero attached hydrogens (tertiary/aromatic N) is 1. The molecule has 6 nitrogen and oxygen atoms in total. The van der Waals surface area contributed by atoms with Gasteiger partial charge in [0, 0.05) is 22.6 Å². The first kappa shape index (κ1) is 18.9. The van der Waals surface area contributed by atoms with E-state index in [1.165, 1.54) is 11.3 Å². The number of hydrogen-bond donors (Lipinski definition) is 2. The number of carbonyl (C=O) groups excluding carboxylic acids is 1. The van der Waals surface area contributed by atoms with Crippen LogP contribution >= 0.6 is 35.5 Å². The van der Waals surface area contributed by atoms with E-state index >= 15 is 0 Å². The van der Waals surface area contributed by atoms with Crippen LogP contribution in [0.1, 0.15) is 0 Å². The summed E-state index contributed by atoms with van der Waals surface area (Å²) in [6.45, 7) is 0. The molecule has 2 N–H and O–H groups in total. The number of amides is 1. The maximum Gasteiger partial charge on any atom is 0.244 e. The number of benzene rings is 1. The molecule has 1 unspecified atom stereocenters. The van der Waals surface area contributed by atoms with E-state index in [0.717, 1.165) is 22.9 Å². The summed E-state index contributed by atoms with van der Waals surface area (Å²) in [4.78, 5) is 16.6. The predicted molar refractivity (Wildman–Crippen MR) is 101 cm³/mol. The number of thiazole rings is 1. The van der Waals surface area contributed by atoms with Crippen LogP contribution in [0, 0.1) is 0 Å². The lowest BCUT2D eigenvalue weighted by Crippen LogP contribution is -2.37. The van der Waals surface area contributed by atoms with E-state index < -0.39 is 0 Å². The van der Waals surface area contributed by atoms with Gasteiger partial charge < -0.3 is 14.8 Å². The van der Waals surface area contributed by atoms with Crippen LogP contribution in [-0.4, -0.2) is 42.8 Å². The van der Waals surface area contributed by atoms with Gasteiger partial charge in [0.2, 0.25) is 5.91 Å². The Labute approximate surface area is 154 Å².